The molecule has 2 amide bonds. The normalized spacial score (nSPS) is 10.9. The zero-order chi connectivity index (χ0) is 24.9. The van der Waals surface area contributed by atoms with E-state index in [-0.39, 0.29) is 15.7 Å². The lowest BCUT2D eigenvalue weighted by Crippen LogP contribution is -2.27. The lowest BCUT2D eigenvalue weighted by Gasteiger charge is -2.21. The minimum atomic E-state index is -3.88. The van der Waals surface area contributed by atoms with Crippen molar-refractivity contribution in [2.24, 2.45) is 0 Å². The van der Waals surface area contributed by atoms with Crippen LogP contribution in [0.2, 0.25) is 0 Å². The van der Waals surface area contributed by atoms with Gasteiger partial charge in [0.2, 0.25) is 0 Å². The highest BCUT2D eigenvalue weighted by Crippen LogP contribution is 2.31. The van der Waals surface area contributed by atoms with E-state index >= 15 is 0 Å². The highest BCUT2D eigenvalue weighted by atomic mass is 32.2. The van der Waals surface area contributed by atoms with Gasteiger partial charge in [0.25, 0.3) is 21.2 Å². The number of hydrogen-bond acceptors (Lipinski definition) is 6. The van der Waals surface area contributed by atoms with E-state index in [4.69, 9.17) is 4.74 Å². The summed E-state index contributed by atoms with van der Waals surface area (Å²) in [7, 11) is 2.34. The standard InChI is InChI=1S/C24H25N3O5S2/c1-26(2)24(29)33-22-12-8-5-9-19(22)25-23(28)17-13-15-18(16-14-17)34(30,31)27(3)20-10-6-7-11-21(20)32-4/h5-16H,1-4H3,(H,25,28). The summed E-state index contributed by atoms with van der Waals surface area (Å²) < 4.78 is 32.6. The molecule has 0 saturated heterocycles. The Morgan fingerprint density at radius 2 is 1.50 bits per heavy atom. The van der Waals surface area contributed by atoms with Gasteiger partial charge in [0.1, 0.15) is 5.75 Å². The Morgan fingerprint density at radius 1 is 0.882 bits per heavy atom. The first kappa shape index (κ1) is 25.1. The number of amides is 2. The zero-order valence-corrected chi connectivity index (χ0v) is 20.8. The number of benzene rings is 3. The SMILES string of the molecule is COc1ccccc1N(C)S(=O)(=O)c1ccc(C(=O)Nc2ccccc2SC(=O)N(C)C)cc1. The molecule has 0 bridgehead atoms. The van der Waals surface area contributed by atoms with E-state index in [2.05, 4.69) is 5.32 Å². The van der Waals surface area contributed by atoms with Crippen LogP contribution in [0.4, 0.5) is 16.2 Å². The molecule has 34 heavy (non-hydrogen) atoms. The van der Waals surface area contributed by atoms with Crippen molar-refractivity contribution in [2.75, 3.05) is 37.9 Å². The maximum atomic E-state index is 13.1. The molecule has 178 valence electrons. The molecule has 0 aromatic heterocycles. The molecule has 3 aromatic carbocycles. The molecule has 0 spiro atoms. The molecule has 1 N–H and O–H groups in total. The largest absolute Gasteiger partial charge is 0.495 e. The second-order valence-corrected chi connectivity index (χ2v) is 10.3. The summed E-state index contributed by atoms with van der Waals surface area (Å²) in [5.41, 5.74) is 1.16. The number of carbonyl (C=O) groups is 2. The maximum Gasteiger partial charge on any atom is 0.286 e. The van der Waals surface area contributed by atoms with Crippen molar-refractivity contribution < 1.29 is 22.7 Å². The predicted molar refractivity (Wildman–Crippen MR) is 134 cm³/mol. The van der Waals surface area contributed by atoms with Gasteiger partial charge in [0, 0.05) is 31.6 Å². The smallest absolute Gasteiger partial charge is 0.286 e. The summed E-state index contributed by atoms with van der Waals surface area (Å²) in [6.45, 7) is 0. The third kappa shape index (κ3) is 5.52. The number of carbonyl (C=O) groups excluding carboxylic acids is 2. The van der Waals surface area contributed by atoms with Crippen molar-refractivity contribution in [2.45, 2.75) is 9.79 Å². The summed E-state index contributed by atoms with van der Waals surface area (Å²) in [6, 6.07) is 19.4. The van der Waals surface area contributed by atoms with Gasteiger partial charge in [-0.15, -0.1) is 0 Å². The van der Waals surface area contributed by atoms with Crippen LogP contribution in [0.5, 0.6) is 5.75 Å². The average Bonchev–Trinajstić information content (AvgIpc) is 2.84. The van der Waals surface area contributed by atoms with E-state index in [0.717, 1.165) is 16.1 Å². The second kappa shape index (κ2) is 10.6. The number of ether oxygens (including phenoxy) is 1. The van der Waals surface area contributed by atoms with Crippen LogP contribution in [-0.2, 0) is 10.0 Å². The number of methoxy groups -OCH3 is 1. The van der Waals surface area contributed by atoms with Crippen LogP contribution in [0.25, 0.3) is 0 Å². The monoisotopic (exact) mass is 499 g/mol. The molecule has 3 aromatic rings. The Kier molecular flexibility index (Phi) is 7.85. The van der Waals surface area contributed by atoms with E-state index in [9.17, 15) is 18.0 Å². The molecular weight excluding hydrogens is 474 g/mol. The average molecular weight is 500 g/mol. The van der Waals surface area contributed by atoms with Crippen LogP contribution in [0.3, 0.4) is 0 Å². The molecule has 0 atom stereocenters. The molecule has 8 nitrogen and oxygen atoms in total. The van der Waals surface area contributed by atoms with Crippen molar-refractivity contribution in [1.82, 2.24) is 4.90 Å². The van der Waals surface area contributed by atoms with Gasteiger partial charge in [-0.25, -0.2) is 8.42 Å². The predicted octanol–water partition coefficient (Wildman–Crippen LogP) is 4.55. The third-order valence-electron chi connectivity index (χ3n) is 4.90. The highest BCUT2D eigenvalue weighted by Gasteiger charge is 2.24. The van der Waals surface area contributed by atoms with Gasteiger partial charge in [0.05, 0.1) is 23.4 Å². The van der Waals surface area contributed by atoms with Crippen molar-refractivity contribution in [3.8, 4) is 5.75 Å². The van der Waals surface area contributed by atoms with Gasteiger partial charge < -0.3 is 15.0 Å². The van der Waals surface area contributed by atoms with Gasteiger partial charge >= 0.3 is 0 Å². The molecule has 3 rings (SSSR count). The maximum absolute atomic E-state index is 13.1. The topological polar surface area (TPSA) is 96.0 Å². The number of thioether (sulfide) groups is 1. The fraction of sp³-hybridized carbons (Fsp3) is 0.167. The third-order valence-corrected chi connectivity index (χ3v) is 7.80. The first-order valence-electron chi connectivity index (χ1n) is 10.2. The number of nitrogens with zero attached hydrogens (tertiary/aromatic N) is 2. The molecule has 0 radical (unpaired) electrons. The zero-order valence-electron chi connectivity index (χ0n) is 19.2. The molecule has 0 aliphatic heterocycles. The molecule has 0 saturated carbocycles. The molecule has 0 heterocycles. The molecule has 0 unspecified atom stereocenters. The van der Waals surface area contributed by atoms with Crippen molar-refractivity contribution >= 4 is 44.3 Å². The van der Waals surface area contributed by atoms with Gasteiger partial charge in [-0.1, -0.05) is 24.3 Å². The minimum Gasteiger partial charge on any atom is -0.495 e. The minimum absolute atomic E-state index is 0.0324. The van der Waals surface area contributed by atoms with Crippen molar-refractivity contribution in [1.29, 1.82) is 0 Å². The van der Waals surface area contributed by atoms with Crippen LogP contribution < -0.4 is 14.4 Å². The van der Waals surface area contributed by atoms with Crippen molar-refractivity contribution in [3.05, 3.63) is 78.4 Å². The fourth-order valence-corrected chi connectivity index (χ4v) is 4.95. The molecular formula is C24H25N3O5S2. The lowest BCUT2D eigenvalue weighted by atomic mass is 10.2. The quantitative estimate of drug-likeness (QED) is 0.479. The van der Waals surface area contributed by atoms with E-state index in [1.165, 1.54) is 43.3 Å². The van der Waals surface area contributed by atoms with E-state index in [0.29, 0.717) is 22.0 Å². The molecule has 0 aliphatic carbocycles. The molecule has 0 aliphatic rings. The van der Waals surface area contributed by atoms with E-state index in [1.54, 1.807) is 62.6 Å². The van der Waals surface area contributed by atoms with Crippen LogP contribution in [0.15, 0.2) is 82.6 Å². The summed E-state index contributed by atoms with van der Waals surface area (Å²) in [6.07, 6.45) is 0. The lowest BCUT2D eigenvalue weighted by molar-refractivity contribution is 0.102. The van der Waals surface area contributed by atoms with Gasteiger partial charge in [-0.05, 0) is 60.3 Å². The summed E-state index contributed by atoms with van der Waals surface area (Å²) in [5.74, 6) is 0.00115. The van der Waals surface area contributed by atoms with Gasteiger partial charge in [0.15, 0.2) is 0 Å². The summed E-state index contributed by atoms with van der Waals surface area (Å²) >= 11 is 1.00. The van der Waals surface area contributed by atoms with Gasteiger partial charge in [-0.3, -0.25) is 13.9 Å². The number of hydrogen-bond donors (Lipinski definition) is 1. The number of anilines is 2. The van der Waals surface area contributed by atoms with Crippen LogP contribution in [0, 0.1) is 0 Å². The Bertz CT molecular complexity index is 1290. The van der Waals surface area contributed by atoms with Crippen LogP contribution in [0.1, 0.15) is 10.4 Å². The van der Waals surface area contributed by atoms with Gasteiger partial charge in [-0.2, -0.15) is 0 Å². The van der Waals surface area contributed by atoms with Crippen LogP contribution in [-0.4, -0.2) is 52.7 Å². The second-order valence-electron chi connectivity index (χ2n) is 7.38. The first-order chi connectivity index (χ1) is 16.1. The van der Waals surface area contributed by atoms with Crippen molar-refractivity contribution in [3.63, 3.8) is 0 Å². The fourth-order valence-electron chi connectivity index (χ4n) is 2.99. The first-order valence-corrected chi connectivity index (χ1v) is 12.4. The van der Waals surface area contributed by atoms with Crippen LogP contribution >= 0.6 is 11.8 Å². The Hall–Kier alpha value is -3.50. The number of sulfonamides is 1. The Labute approximate surface area is 203 Å². The molecule has 10 heteroatoms. The highest BCUT2D eigenvalue weighted by molar-refractivity contribution is 8.13. The Morgan fingerprint density at radius 3 is 2.15 bits per heavy atom. The number of para-hydroxylation sites is 3. The number of nitrogens with one attached hydrogen (secondary N) is 1. The Balaban J connectivity index is 1.80. The summed E-state index contributed by atoms with van der Waals surface area (Å²) in [5, 5.41) is 2.62. The van der Waals surface area contributed by atoms with E-state index < -0.39 is 15.9 Å². The van der Waals surface area contributed by atoms with E-state index in [1.807, 2.05) is 0 Å². The molecule has 0 fully saturated rings. The number of rotatable bonds is 7. The summed E-state index contributed by atoms with van der Waals surface area (Å²) in [4.78, 5) is 26.9.